The number of carbonyl (C=O) groups excluding carboxylic acids is 1. The summed E-state index contributed by atoms with van der Waals surface area (Å²) in [6.07, 6.45) is 5.86. The molecule has 0 saturated carbocycles. The molecule has 3 heterocycles. The number of hydrogen-bond acceptors (Lipinski definition) is 6. The number of piperazine rings is 1. The van der Waals surface area contributed by atoms with Gasteiger partial charge in [0.05, 0.1) is 16.6 Å². The largest absolute Gasteiger partial charge is 0.338 e. The Morgan fingerprint density at radius 1 is 0.902 bits per heavy atom. The van der Waals surface area contributed by atoms with Crippen molar-refractivity contribution >= 4 is 22.6 Å². The quantitative estimate of drug-likeness (QED) is 0.309. The molecular formula is C33H31N7O. The van der Waals surface area contributed by atoms with Gasteiger partial charge < -0.3 is 20.1 Å². The van der Waals surface area contributed by atoms with Crippen LogP contribution in [-0.2, 0) is 6.42 Å². The molecule has 0 radical (unpaired) electrons. The lowest BCUT2D eigenvalue weighted by Gasteiger charge is -2.32. The van der Waals surface area contributed by atoms with Crippen LogP contribution in [0.4, 0.5) is 5.69 Å². The predicted octanol–water partition coefficient (Wildman–Crippen LogP) is 4.46. The highest BCUT2D eigenvalue weighted by atomic mass is 16.1. The number of benzene rings is 3. The zero-order valence-electron chi connectivity index (χ0n) is 23.0. The van der Waals surface area contributed by atoms with Gasteiger partial charge in [-0.1, -0.05) is 36.1 Å². The number of aromatic amines is 1. The number of carbonyl (C=O) groups is 1. The second-order valence-electron chi connectivity index (χ2n) is 10.3. The van der Waals surface area contributed by atoms with E-state index in [4.69, 9.17) is 4.98 Å². The summed E-state index contributed by atoms with van der Waals surface area (Å²) in [7, 11) is 2.18. The molecular weight excluding hydrogens is 510 g/mol. The number of hydrogen-bond donors (Lipinski definition) is 2. The van der Waals surface area contributed by atoms with Crippen molar-refractivity contribution in [1.29, 1.82) is 0 Å². The first kappa shape index (κ1) is 26.4. The lowest BCUT2D eigenvalue weighted by Crippen LogP contribution is -2.45. The molecule has 0 unspecified atom stereocenters. The van der Waals surface area contributed by atoms with Crippen molar-refractivity contribution in [2.75, 3.05) is 45.1 Å². The molecule has 0 atom stereocenters. The van der Waals surface area contributed by atoms with Crippen molar-refractivity contribution in [3.63, 3.8) is 0 Å². The number of likely N-dealkylation sites (N-methyl/N-ethyl adjacent to an activating group) is 1. The lowest BCUT2D eigenvalue weighted by molar-refractivity contribution is 0.102. The van der Waals surface area contributed by atoms with Crippen LogP contribution in [0.1, 0.15) is 27.0 Å². The summed E-state index contributed by atoms with van der Waals surface area (Å²) in [5, 5.41) is 3.02. The third-order valence-electron chi connectivity index (χ3n) is 7.34. The monoisotopic (exact) mass is 541 g/mol. The molecule has 6 rings (SSSR count). The van der Waals surface area contributed by atoms with E-state index in [0.29, 0.717) is 5.56 Å². The van der Waals surface area contributed by atoms with Crippen molar-refractivity contribution in [2.24, 2.45) is 0 Å². The summed E-state index contributed by atoms with van der Waals surface area (Å²) < 4.78 is 0. The number of nitrogens with one attached hydrogen (secondary N) is 2. The first-order valence-electron chi connectivity index (χ1n) is 13.8. The number of imidazole rings is 1. The maximum atomic E-state index is 13.0. The van der Waals surface area contributed by atoms with Crippen LogP contribution in [0, 0.1) is 11.8 Å². The molecule has 204 valence electrons. The van der Waals surface area contributed by atoms with Crippen molar-refractivity contribution in [3.8, 4) is 23.2 Å². The molecule has 1 aliphatic heterocycles. The fourth-order valence-electron chi connectivity index (χ4n) is 4.82. The van der Waals surface area contributed by atoms with Crippen LogP contribution >= 0.6 is 0 Å². The van der Waals surface area contributed by atoms with Gasteiger partial charge in [0.15, 0.2) is 0 Å². The van der Waals surface area contributed by atoms with Crippen LogP contribution in [0.15, 0.2) is 85.5 Å². The van der Waals surface area contributed by atoms with Gasteiger partial charge in [-0.3, -0.25) is 4.79 Å². The Hall–Kier alpha value is -4.84. The van der Waals surface area contributed by atoms with E-state index in [1.54, 1.807) is 18.5 Å². The van der Waals surface area contributed by atoms with Gasteiger partial charge in [-0.2, -0.15) is 0 Å². The van der Waals surface area contributed by atoms with Gasteiger partial charge in [0.25, 0.3) is 5.91 Å². The summed E-state index contributed by atoms with van der Waals surface area (Å²) in [6.45, 7) is 5.57. The highest BCUT2D eigenvalue weighted by Crippen LogP contribution is 2.22. The van der Waals surface area contributed by atoms with Crippen molar-refractivity contribution in [2.45, 2.75) is 6.42 Å². The van der Waals surface area contributed by atoms with Gasteiger partial charge in [-0.05, 0) is 61.5 Å². The van der Waals surface area contributed by atoms with Gasteiger partial charge in [0.1, 0.15) is 12.2 Å². The van der Waals surface area contributed by atoms with Gasteiger partial charge >= 0.3 is 0 Å². The third kappa shape index (κ3) is 6.67. The number of nitrogens with zero attached hydrogens (tertiary/aromatic N) is 5. The Balaban J connectivity index is 1.08. The van der Waals surface area contributed by atoms with E-state index in [2.05, 4.69) is 61.1 Å². The zero-order chi connectivity index (χ0) is 28.0. The van der Waals surface area contributed by atoms with Crippen LogP contribution < -0.4 is 5.32 Å². The minimum absolute atomic E-state index is 0.153. The molecule has 1 saturated heterocycles. The Morgan fingerprint density at radius 2 is 1.63 bits per heavy atom. The number of aromatic nitrogens is 4. The normalized spacial score (nSPS) is 14.0. The summed E-state index contributed by atoms with van der Waals surface area (Å²) in [4.78, 5) is 33.9. The van der Waals surface area contributed by atoms with E-state index in [-0.39, 0.29) is 5.91 Å². The number of amides is 1. The van der Waals surface area contributed by atoms with Gasteiger partial charge in [-0.25, -0.2) is 15.0 Å². The fraction of sp³-hybridized carbons (Fsp3) is 0.212. The standard InChI is InChI=1S/C33H31N7O/c1-39-16-18-40(19-17-39)15-14-25-6-11-29(12-7-25)36-33(41)28-10-13-30-31(20-28)38-32(37-30)27-8-4-24(5-9-27)2-3-26-21-34-23-35-22-26/h4-13,20-23H,14-19H2,1H3,(H,36,41)(H,37,38). The van der Waals surface area contributed by atoms with Crippen molar-refractivity contribution in [1.82, 2.24) is 29.7 Å². The molecule has 2 aromatic heterocycles. The minimum atomic E-state index is -0.153. The molecule has 2 N–H and O–H groups in total. The average molecular weight is 542 g/mol. The van der Waals surface area contributed by atoms with Gasteiger partial charge in [0.2, 0.25) is 0 Å². The van der Waals surface area contributed by atoms with E-state index >= 15 is 0 Å². The van der Waals surface area contributed by atoms with E-state index in [9.17, 15) is 4.79 Å². The first-order chi connectivity index (χ1) is 20.1. The molecule has 1 amide bonds. The average Bonchev–Trinajstić information content (AvgIpc) is 3.45. The molecule has 8 heteroatoms. The Kier molecular flexibility index (Phi) is 7.81. The van der Waals surface area contributed by atoms with E-state index in [1.165, 1.54) is 11.9 Å². The number of fused-ring (bicyclic) bond motifs is 1. The minimum Gasteiger partial charge on any atom is -0.338 e. The molecule has 0 spiro atoms. The van der Waals surface area contributed by atoms with Crippen LogP contribution in [0.2, 0.25) is 0 Å². The Morgan fingerprint density at radius 3 is 2.39 bits per heavy atom. The maximum absolute atomic E-state index is 13.0. The highest BCUT2D eigenvalue weighted by Gasteiger charge is 2.14. The van der Waals surface area contributed by atoms with Crippen molar-refractivity contribution < 1.29 is 4.79 Å². The second-order valence-corrected chi connectivity index (χ2v) is 10.3. The summed E-state index contributed by atoms with van der Waals surface area (Å²) in [6, 6.07) is 21.5. The maximum Gasteiger partial charge on any atom is 0.255 e. The number of anilines is 1. The molecule has 0 aliphatic carbocycles. The fourth-order valence-corrected chi connectivity index (χ4v) is 4.82. The molecule has 1 fully saturated rings. The van der Waals surface area contributed by atoms with Crippen LogP contribution in [-0.4, -0.2) is 75.4 Å². The third-order valence-corrected chi connectivity index (χ3v) is 7.34. The zero-order valence-corrected chi connectivity index (χ0v) is 23.0. The van der Waals surface area contributed by atoms with E-state index in [1.807, 2.05) is 48.5 Å². The Bertz CT molecular complexity index is 1690. The molecule has 5 aromatic rings. The smallest absolute Gasteiger partial charge is 0.255 e. The SMILES string of the molecule is CN1CCN(CCc2ccc(NC(=O)c3ccc4nc(-c5ccc(C#Cc6cncnc6)cc5)[nH]c4c3)cc2)CC1. The summed E-state index contributed by atoms with van der Waals surface area (Å²) in [5.41, 5.74) is 6.83. The molecule has 1 aliphatic rings. The lowest BCUT2D eigenvalue weighted by atomic mass is 10.1. The van der Waals surface area contributed by atoms with Gasteiger partial charge in [0, 0.05) is 67.5 Å². The van der Waals surface area contributed by atoms with Crippen LogP contribution in [0.25, 0.3) is 22.4 Å². The first-order valence-corrected chi connectivity index (χ1v) is 13.8. The number of H-pyrrole nitrogens is 1. The molecule has 3 aromatic carbocycles. The highest BCUT2D eigenvalue weighted by molar-refractivity contribution is 6.06. The molecule has 41 heavy (non-hydrogen) atoms. The van der Waals surface area contributed by atoms with E-state index < -0.39 is 0 Å². The molecule has 8 nitrogen and oxygen atoms in total. The number of rotatable bonds is 6. The van der Waals surface area contributed by atoms with Gasteiger partial charge in [-0.15, -0.1) is 0 Å². The van der Waals surface area contributed by atoms with E-state index in [0.717, 1.165) is 78.4 Å². The topological polar surface area (TPSA) is 90.0 Å². The second kappa shape index (κ2) is 12.1. The summed E-state index contributed by atoms with van der Waals surface area (Å²) in [5.74, 6) is 6.76. The predicted molar refractivity (Wildman–Crippen MR) is 162 cm³/mol. The Labute approximate surface area is 239 Å². The molecule has 0 bridgehead atoms. The van der Waals surface area contributed by atoms with Crippen LogP contribution in [0.3, 0.4) is 0 Å². The van der Waals surface area contributed by atoms with Crippen molar-refractivity contribution in [3.05, 3.63) is 108 Å². The van der Waals surface area contributed by atoms with Crippen LogP contribution in [0.5, 0.6) is 0 Å². The summed E-state index contributed by atoms with van der Waals surface area (Å²) >= 11 is 0.